The van der Waals surface area contributed by atoms with E-state index >= 15 is 0 Å². The maximum absolute atomic E-state index is 12.8. The smallest absolute Gasteiger partial charge is 0.243 e. The molecule has 0 amide bonds. The van der Waals surface area contributed by atoms with E-state index in [1.54, 1.807) is 24.3 Å². The molecule has 0 spiro atoms. The molecule has 4 rings (SSSR count). The third kappa shape index (κ3) is 4.34. The van der Waals surface area contributed by atoms with Crippen LogP contribution in [-0.2, 0) is 10.0 Å². The van der Waals surface area contributed by atoms with Crippen LogP contribution in [0.5, 0.6) is 0 Å². The molecule has 7 nitrogen and oxygen atoms in total. The molecule has 156 valence electrons. The Bertz CT molecular complexity index is 928. The number of hydrogen-bond acceptors (Lipinski definition) is 6. The summed E-state index contributed by atoms with van der Waals surface area (Å²) in [6, 6.07) is 10.8. The van der Waals surface area contributed by atoms with E-state index in [1.807, 2.05) is 12.1 Å². The molecule has 2 fully saturated rings. The number of sulfonamides is 1. The maximum Gasteiger partial charge on any atom is 0.243 e. The summed E-state index contributed by atoms with van der Waals surface area (Å²) in [5.41, 5.74) is 0. The van der Waals surface area contributed by atoms with Crippen LogP contribution in [0.3, 0.4) is 0 Å². The first-order valence-electron chi connectivity index (χ1n) is 10.1. The lowest BCUT2D eigenvalue weighted by atomic mass is 10.0. The van der Waals surface area contributed by atoms with Gasteiger partial charge in [0.25, 0.3) is 0 Å². The Morgan fingerprint density at radius 3 is 2.17 bits per heavy atom. The number of rotatable bonds is 4. The highest BCUT2D eigenvalue weighted by molar-refractivity contribution is 7.89. The first kappa shape index (κ1) is 20.4. The average Bonchev–Trinajstić information content (AvgIpc) is 2.75. The maximum atomic E-state index is 12.8. The predicted molar refractivity (Wildman–Crippen MR) is 115 cm³/mol. The fraction of sp³-hybridized carbons (Fsp3) is 0.500. The van der Waals surface area contributed by atoms with Crippen molar-refractivity contribution in [1.82, 2.24) is 14.5 Å². The molecule has 2 aliphatic rings. The highest BCUT2D eigenvalue weighted by Crippen LogP contribution is 2.25. The Labute approximate surface area is 177 Å². The highest BCUT2D eigenvalue weighted by atomic mass is 35.5. The van der Waals surface area contributed by atoms with Gasteiger partial charge >= 0.3 is 0 Å². The minimum atomic E-state index is -3.51. The summed E-state index contributed by atoms with van der Waals surface area (Å²) in [7, 11) is -3.51. The van der Waals surface area contributed by atoms with Crippen molar-refractivity contribution < 1.29 is 8.42 Å². The zero-order chi connectivity index (χ0) is 20.4. The number of piperazine rings is 1. The molecule has 1 unspecified atom stereocenters. The summed E-state index contributed by atoms with van der Waals surface area (Å²) < 4.78 is 27.2. The van der Waals surface area contributed by atoms with Gasteiger partial charge in [0.05, 0.1) is 4.90 Å². The molecule has 1 aromatic carbocycles. The van der Waals surface area contributed by atoms with Gasteiger partial charge in [-0.15, -0.1) is 10.2 Å². The minimum Gasteiger partial charge on any atom is -0.352 e. The van der Waals surface area contributed by atoms with Gasteiger partial charge in [-0.25, -0.2) is 8.42 Å². The van der Waals surface area contributed by atoms with E-state index in [1.165, 1.54) is 23.6 Å². The van der Waals surface area contributed by atoms with Crippen LogP contribution >= 0.6 is 11.6 Å². The van der Waals surface area contributed by atoms with Crippen LogP contribution in [0.2, 0.25) is 5.02 Å². The number of hydrogen-bond donors (Lipinski definition) is 0. The Kier molecular flexibility index (Phi) is 5.94. The van der Waals surface area contributed by atoms with Crippen LogP contribution in [0.1, 0.15) is 26.2 Å². The minimum absolute atomic E-state index is 0.273. The molecule has 2 aromatic rings. The second-order valence-corrected chi connectivity index (χ2v) is 10.0. The Balaban J connectivity index is 1.40. The lowest BCUT2D eigenvalue weighted by Gasteiger charge is -2.35. The van der Waals surface area contributed by atoms with E-state index in [4.69, 9.17) is 11.6 Å². The van der Waals surface area contributed by atoms with Crippen LogP contribution < -0.4 is 9.80 Å². The van der Waals surface area contributed by atoms with Gasteiger partial charge in [0.1, 0.15) is 0 Å². The zero-order valence-electron chi connectivity index (χ0n) is 16.5. The van der Waals surface area contributed by atoms with Gasteiger partial charge in [-0.05, 0) is 62.6 Å². The molecule has 3 heterocycles. The summed E-state index contributed by atoms with van der Waals surface area (Å²) in [5.74, 6) is 1.71. The number of halogens is 1. The zero-order valence-corrected chi connectivity index (χ0v) is 18.1. The lowest BCUT2D eigenvalue weighted by molar-refractivity contribution is 0.383. The number of aromatic nitrogens is 2. The van der Waals surface area contributed by atoms with Crippen LogP contribution in [0.25, 0.3) is 0 Å². The predicted octanol–water partition coefficient (Wildman–Crippen LogP) is 3.02. The van der Waals surface area contributed by atoms with Crippen molar-refractivity contribution in [2.45, 2.75) is 37.1 Å². The molecule has 0 radical (unpaired) electrons. The summed E-state index contributed by atoms with van der Waals surface area (Å²) in [4.78, 5) is 4.68. The molecule has 0 N–H and O–H groups in total. The van der Waals surface area contributed by atoms with Gasteiger partial charge in [-0.3, -0.25) is 0 Å². The fourth-order valence-electron chi connectivity index (χ4n) is 3.99. The summed E-state index contributed by atoms with van der Waals surface area (Å²) in [6.45, 7) is 5.25. The quantitative estimate of drug-likeness (QED) is 0.735. The molecule has 1 aromatic heterocycles. The van der Waals surface area contributed by atoms with Crippen LogP contribution in [-0.4, -0.2) is 61.7 Å². The van der Waals surface area contributed by atoms with E-state index in [0.717, 1.165) is 18.2 Å². The third-order valence-corrected chi connectivity index (χ3v) is 7.91. The molecule has 2 saturated heterocycles. The molecule has 0 bridgehead atoms. The number of piperidine rings is 1. The van der Waals surface area contributed by atoms with Gasteiger partial charge in [-0.1, -0.05) is 11.6 Å². The number of nitrogens with zero attached hydrogens (tertiary/aromatic N) is 5. The SMILES string of the molecule is CC1CCCCN1c1ccc(N2CCN(S(=O)(=O)c3ccc(Cl)cc3)CC2)nn1. The highest BCUT2D eigenvalue weighted by Gasteiger charge is 2.29. The van der Waals surface area contributed by atoms with Crippen molar-refractivity contribution in [2.24, 2.45) is 0 Å². The average molecular weight is 436 g/mol. The summed E-state index contributed by atoms with van der Waals surface area (Å²) in [5, 5.41) is 9.38. The van der Waals surface area contributed by atoms with E-state index < -0.39 is 10.0 Å². The Morgan fingerprint density at radius 2 is 1.55 bits per heavy atom. The molecule has 0 saturated carbocycles. The second kappa shape index (κ2) is 8.45. The van der Waals surface area contributed by atoms with Crippen molar-refractivity contribution in [2.75, 3.05) is 42.5 Å². The molecule has 0 aliphatic carbocycles. The molecule has 2 aliphatic heterocycles. The summed E-state index contributed by atoms with van der Waals surface area (Å²) >= 11 is 5.87. The molecular formula is C20H26ClN5O2S. The van der Waals surface area contributed by atoms with Crippen LogP contribution in [0.15, 0.2) is 41.3 Å². The molecule has 29 heavy (non-hydrogen) atoms. The van der Waals surface area contributed by atoms with Crippen molar-refractivity contribution in [1.29, 1.82) is 0 Å². The number of benzene rings is 1. The van der Waals surface area contributed by atoms with Crippen molar-refractivity contribution in [3.05, 3.63) is 41.4 Å². The Hall–Kier alpha value is -1.90. The first-order valence-corrected chi connectivity index (χ1v) is 11.9. The lowest BCUT2D eigenvalue weighted by Crippen LogP contribution is -2.49. The van der Waals surface area contributed by atoms with Crippen molar-refractivity contribution in [3.8, 4) is 0 Å². The van der Waals surface area contributed by atoms with Gasteiger partial charge in [0.15, 0.2) is 11.6 Å². The van der Waals surface area contributed by atoms with E-state index in [2.05, 4.69) is 26.9 Å². The largest absolute Gasteiger partial charge is 0.352 e. The normalized spacial score (nSPS) is 21.4. The Morgan fingerprint density at radius 1 is 0.897 bits per heavy atom. The molecule has 1 atom stereocenters. The number of anilines is 2. The van der Waals surface area contributed by atoms with Gasteiger partial charge in [-0.2, -0.15) is 4.31 Å². The van der Waals surface area contributed by atoms with E-state index in [0.29, 0.717) is 37.2 Å². The standard InChI is InChI=1S/C20H26ClN5O2S/c1-16-4-2-3-11-26(16)20-10-9-19(22-23-20)24-12-14-25(15-13-24)29(27,28)18-7-5-17(21)6-8-18/h5-10,16H,2-4,11-15H2,1H3. The summed E-state index contributed by atoms with van der Waals surface area (Å²) in [6.07, 6.45) is 3.65. The van der Waals surface area contributed by atoms with E-state index in [-0.39, 0.29) is 4.90 Å². The first-order chi connectivity index (χ1) is 13.9. The molecule has 9 heteroatoms. The van der Waals surface area contributed by atoms with Crippen molar-refractivity contribution in [3.63, 3.8) is 0 Å². The van der Waals surface area contributed by atoms with Crippen LogP contribution in [0, 0.1) is 0 Å². The van der Waals surface area contributed by atoms with E-state index in [9.17, 15) is 8.42 Å². The van der Waals surface area contributed by atoms with Gasteiger partial charge in [0, 0.05) is 43.8 Å². The topological polar surface area (TPSA) is 69.6 Å². The van der Waals surface area contributed by atoms with Gasteiger partial charge in [0.2, 0.25) is 10.0 Å². The van der Waals surface area contributed by atoms with Gasteiger partial charge < -0.3 is 9.80 Å². The fourth-order valence-corrected chi connectivity index (χ4v) is 5.54. The second-order valence-electron chi connectivity index (χ2n) is 7.63. The molecular weight excluding hydrogens is 410 g/mol. The van der Waals surface area contributed by atoms with Crippen molar-refractivity contribution >= 4 is 33.3 Å². The van der Waals surface area contributed by atoms with Crippen LogP contribution in [0.4, 0.5) is 11.6 Å². The third-order valence-electron chi connectivity index (χ3n) is 5.75. The monoisotopic (exact) mass is 435 g/mol.